The molecule has 1 aromatic heterocycles. The SMILES string of the molecule is CS(=O)(=O)Nc1cccc(C(=O)NNC(=O)c2ccc(-c3ccc(F)cc3)s2)c1. The molecule has 0 fully saturated rings. The van der Waals surface area contributed by atoms with Gasteiger partial charge in [-0.3, -0.25) is 25.2 Å². The molecule has 3 N–H and O–H groups in total. The molecule has 3 rings (SSSR count). The molecule has 3 aromatic rings. The Labute approximate surface area is 170 Å². The van der Waals surface area contributed by atoms with Crippen LogP contribution in [0.5, 0.6) is 0 Å². The summed E-state index contributed by atoms with van der Waals surface area (Å²) in [6.07, 6.45) is 1.00. The van der Waals surface area contributed by atoms with Gasteiger partial charge in [0.1, 0.15) is 5.82 Å². The summed E-state index contributed by atoms with van der Waals surface area (Å²) in [6, 6.07) is 15.1. The lowest BCUT2D eigenvalue weighted by molar-refractivity contribution is 0.0849. The first-order chi connectivity index (χ1) is 13.7. The first-order valence-electron chi connectivity index (χ1n) is 8.25. The van der Waals surface area contributed by atoms with Gasteiger partial charge in [0.05, 0.1) is 11.1 Å². The van der Waals surface area contributed by atoms with E-state index in [9.17, 15) is 22.4 Å². The van der Waals surface area contributed by atoms with Gasteiger partial charge < -0.3 is 0 Å². The van der Waals surface area contributed by atoms with Crippen LogP contribution >= 0.6 is 11.3 Å². The molecule has 0 bridgehead atoms. The Morgan fingerprint density at radius 2 is 1.62 bits per heavy atom. The lowest BCUT2D eigenvalue weighted by Gasteiger charge is -2.08. The first kappa shape index (κ1) is 20.5. The second-order valence-corrected chi connectivity index (χ2v) is 8.87. The minimum Gasteiger partial charge on any atom is -0.284 e. The summed E-state index contributed by atoms with van der Waals surface area (Å²) in [4.78, 5) is 25.6. The molecule has 29 heavy (non-hydrogen) atoms. The van der Waals surface area contributed by atoms with Crippen LogP contribution in [-0.2, 0) is 10.0 Å². The molecular formula is C19H16FN3O4S2. The third-order valence-corrected chi connectivity index (χ3v) is 5.42. The highest BCUT2D eigenvalue weighted by atomic mass is 32.2. The van der Waals surface area contributed by atoms with E-state index >= 15 is 0 Å². The molecule has 0 spiro atoms. The van der Waals surface area contributed by atoms with Gasteiger partial charge in [0.15, 0.2) is 0 Å². The third-order valence-electron chi connectivity index (χ3n) is 3.68. The topological polar surface area (TPSA) is 104 Å². The van der Waals surface area contributed by atoms with Crippen molar-refractivity contribution in [1.29, 1.82) is 0 Å². The van der Waals surface area contributed by atoms with Crippen LogP contribution in [0.2, 0.25) is 0 Å². The van der Waals surface area contributed by atoms with Crippen LogP contribution in [0.4, 0.5) is 10.1 Å². The van der Waals surface area contributed by atoms with Gasteiger partial charge in [0, 0.05) is 16.1 Å². The summed E-state index contributed by atoms with van der Waals surface area (Å²) in [5, 5.41) is 0. The van der Waals surface area contributed by atoms with E-state index in [-0.39, 0.29) is 17.1 Å². The Morgan fingerprint density at radius 1 is 0.931 bits per heavy atom. The number of benzene rings is 2. The smallest absolute Gasteiger partial charge is 0.279 e. The van der Waals surface area contributed by atoms with Gasteiger partial charge in [-0.05, 0) is 48.0 Å². The van der Waals surface area contributed by atoms with Gasteiger partial charge in [0.2, 0.25) is 10.0 Å². The number of amides is 2. The van der Waals surface area contributed by atoms with Crippen LogP contribution in [-0.4, -0.2) is 26.5 Å². The number of carbonyl (C=O) groups excluding carboxylic acids is 2. The quantitative estimate of drug-likeness (QED) is 0.538. The standard InChI is InChI=1S/C19H16FN3O4S2/c1-29(26,27)23-15-4-2-3-13(11-15)18(24)21-22-19(25)17-10-9-16(28-17)12-5-7-14(20)8-6-12/h2-11,23H,1H3,(H,21,24)(H,22,25). The Hall–Kier alpha value is -3.24. The molecule has 0 aliphatic rings. The van der Waals surface area contributed by atoms with Gasteiger partial charge in [0.25, 0.3) is 11.8 Å². The molecule has 0 saturated carbocycles. The maximum atomic E-state index is 13.0. The fourth-order valence-electron chi connectivity index (χ4n) is 2.41. The molecule has 7 nitrogen and oxygen atoms in total. The molecule has 2 amide bonds. The number of sulfonamides is 1. The van der Waals surface area contributed by atoms with Crippen LogP contribution in [0.1, 0.15) is 20.0 Å². The lowest BCUT2D eigenvalue weighted by Crippen LogP contribution is -2.41. The van der Waals surface area contributed by atoms with Crippen molar-refractivity contribution in [2.24, 2.45) is 0 Å². The number of hydrogen-bond acceptors (Lipinski definition) is 5. The monoisotopic (exact) mass is 433 g/mol. The molecule has 0 aliphatic carbocycles. The Bertz CT molecular complexity index is 1160. The predicted molar refractivity (Wildman–Crippen MR) is 110 cm³/mol. The van der Waals surface area contributed by atoms with E-state index in [0.29, 0.717) is 4.88 Å². The minimum absolute atomic E-state index is 0.164. The van der Waals surface area contributed by atoms with Crippen molar-refractivity contribution in [3.63, 3.8) is 0 Å². The number of halogens is 1. The summed E-state index contributed by atoms with van der Waals surface area (Å²) in [6.45, 7) is 0. The fraction of sp³-hybridized carbons (Fsp3) is 0.0526. The van der Waals surface area contributed by atoms with Crippen LogP contribution in [0.25, 0.3) is 10.4 Å². The molecule has 0 aliphatic heterocycles. The number of hydrogen-bond donors (Lipinski definition) is 3. The van der Waals surface area contributed by atoms with Crippen LogP contribution in [0.15, 0.2) is 60.7 Å². The van der Waals surface area contributed by atoms with Crippen molar-refractivity contribution < 1.29 is 22.4 Å². The number of rotatable bonds is 5. The highest BCUT2D eigenvalue weighted by Gasteiger charge is 2.13. The van der Waals surface area contributed by atoms with Gasteiger partial charge in [-0.25, -0.2) is 12.8 Å². The third kappa shape index (κ3) is 5.62. The van der Waals surface area contributed by atoms with E-state index in [1.165, 1.54) is 47.7 Å². The second kappa shape index (κ2) is 8.41. The predicted octanol–water partition coefficient (Wildman–Crippen LogP) is 3.00. The molecule has 0 saturated heterocycles. The van der Waals surface area contributed by atoms with Crippen molar-refractivity contribution in [2.75, 3.05) is 11.0 Å². The average molecular weight is 433 g/mol. The maximum Gasteiger partial charge on any atom is 0.279 e. The summed E-state index contributed by atoms with van der Waals surface area (Å²) in [5.74, 6) is -1.46. The van der Waals surface area contributed by atoms with Crippen molar-refractivity contribution in [3.8, 4) is 10.4 Å². The molecule has 1 heterocycles. The normalized spacial score (nSPS) is 11.0. The Morgan fingerprint density at radius 3 is 2.31 bits per heavy atom. The number of nitrogens with one attached hydrogen (secondary N) is 3. The minimum atomic E-state index is -3.48. The van der Waals surface area contributed by atoms with Crippen molar-refractivity contribution in [3.05, 3.63) is 76.9 Å². The van der Waals surface area contributed by atoms with Crippen molar-refractivity contribution in [1.82, 2.24) is 10.9 Å². The van der Waals surface area contributed by atoms with E-state index in [1.807, 2.05) is 0 Å². The van der Waals surface area contributed by atoms with Gasteiger partial charge in [-0.15, -0.1) is 11.3 Å². The Balaban J connectivity index is 1.63. The van der Waals surface area contributed by atoms with E-state index in [4.69, 9.17) is 0 Å². The summed E-state index contributed by atoms with van der Waals surface area (Å²) < 4.78 is 37.9. The molecular weight excluding hydrogens is 417 g/mol. The number of hydrazine groups is 1. The van der Waals surface area contributed by atoms with Crippen LogP contribution < -0.4 is 15.6 Å². The van der Waals surface area contributed by atoms with E-state index < -0.39 is 21.8 Å². The Kier molecular flexibility index (Phi) is 5.95. The van der Waals surface area contributed by atoms with E-state index in [1.54, 1.807) is 24.3 Å². The maximum absolute atomic E-state index is 13.0. The van der Waals surface area contributed by atoms with Crippen molar-refractivity contribution in [2.45, 2.75) is 0 Å². The number of anilines is 1. The molecule has 10 heteroatoms. The summed E-state index contributed by atoms with van der Waals surface area (Å²) in [7, 11) is -3.48. The molecule has 0 radical (unpaired) electrons. The molecule has 150 valence electrons. The molecule has 2 aromatic carbocycles. The highest BCUT2D eigenvalue weighted by Crippen LogP contribution is 2.28. The zero-order valence-corrected chi connectivity index (χ0v) is 16.7. The lowest BCUT2D eigenvalue weighted by atomic mass is 10.2. The van der Waals surface area contributed by atoms with Crippen LogP contribution in [0, 0.1) is 5.82 Å². The second-order valence-electron chi connectivity index (χ2n) is 6.03. The number of carbonyl (C=O) groups is 2. The van der Waals surface area contributed by atoms with Gasteiger partial charge >= 0.3 is 0 Å². The average Bonchev–Trinajstić information content (AvgIpc) is 3.15. The summed E-state index contributed by atoms with van der Waals surface area (Å²) >= 11 is 1.19. The highest BCUT2D eigenvalue weighted by molar-refractivity contribution is 7.92. The van der Waals surface area contributed by atoms with Gasteiger partial charge in [-0.2, -0.15) is 0 Å². The zero-order chi connectivity index (χ0) is 21.0. The molecule has 0 unspecified atom stereocenters. The van der Waals surface area contributed by atoms with Crippen molar-refractivity contribution >= 4 is 38.9 Å². The molecule has 0 atom stereocenters. The fourth-order valence-corrected chi connectivity index (χ4v) is 3.88. The zero-order valence-electron chi connectivity index (χ0n) is 15.1. The van der Waals surface area contributed by atoms with E-state index in [2.05, 4.69) is 15.6 Å². The summed E-state index contributed by atoms with van der Waals surface area (Å²) in [5.41, 5.74) is 5.76. The van der Waals surface area contributed by atoms with Gasteiger partial charge in [-0.1, -0.05) is 18.2 Å². The first-order valence-corrected chi connectivity index (χ1v) is 11.0. The van der Waals surface area contributed by atoms with Crippen LogP contribution in [0.3, 0.4) is 0 Å². The number of thiophene rings is 1. The largest absolute Gasteiger partial charge is 0.284 e. The van der Waals surface area contributed by atoms with E-state index in [0.717, 1.165) is 16.7 Å².